The van der Waals surface area contributed by atoms with Crippen LogP contribution in [-0.2, 0) is 4.79 Å². The number of carbonyl (C=O) groups is 2. The molecule has 3 rings (SSSR count). The second kappa shape index (κ2) is 5.39. The average molecular weight is 287 g/mol. The predicted octanol–water partition coefficient (Wildman–Crippen LogP) is 1.58. The Morgan fingerprint density at radius 3 is 2.95 bits per heavy atom. The molecule has 2 unspecified atom stereocenters. The van der Waals surface area contributed by atoms with Gasteiger partial charge in [0, 0.05) is 42.5 Å². The molecule has 2 fully saturated rings. The van der Waals surface area contributed by atoms with Crippen LogP contribution < -0.4 is 16.0 Å². The zero-order valence-electron chi connectivity index (χ0n) is 12.3. The molecule has 2 aliphatic rings. The molecule has 0 saturated carbocycles. The molecule has 0 spiro atoms. The fourth-order valence-corrected chi connectivity index (χ4v) is 3.39. The summed E-state index contributed by atoms with van der Waals surface area (Å²) in [5.74, 6) is 0.667. The largest absolute Gasteiger partial charge is 0.398 e. The van der Waals surface area contributed by atoms with Gasteiger partial charge in [-0.25, -0.2) is 0 Å². The van der Waals surface area contributed by atoms with Crippen LogP contribution in [0.1, 0.15) is 36.5 Å². The number of nitrogen functional groups attached to an aromatic ring is 1. The molecule has 2 heterocycles. The SMILES string of the molecule is CC(=O)c1cc(N2CCC3NC(=O)CCC3C2)ccc1N. The number of fused-ring (bicyclic) bond motifs is 1. The van der Waals surface area contributed by atoms with Crippen molar-refractivity contribution in [2.45, 2.75) is 32.2 Å². The van der Waals surface area contributed by atoms with Crippen LogP contribution in [0.2, 0.25) is 0 Å². The van der Waals surface area contributed by atoms with Crippen molar-refractivity contribution in [3.8, 4) is 0 Å². The summed E-state index contributed by atoms with van der Waals surface area (Å²) >= 11 is 0. The van der Waals surface area contributed by atoms with Crippen LogP contribution in [-0.4, -0.2) is 30.8 Å². The number of hydrogen-bond acceptors (Lipinski definition) is 4. The summed E-state index contributed by atoms with van der Waals surface area (Å²) in [4.78, 5) is 25.4. The van der Waals surface area contributed by atoms with Crippen LogP contribution in [0.3, 0.4) is 0 Å². The van der Waals surface area contributed by atoms with E-state index in [2.05, 4.69) is 10.2 Å². The lowest BCUT2D eigenvalue weighted by Gasteiger charge is -2.42. The van der Waals surface area contributed by atoms with Crippen molar-refractivity contribution in [2.75, 3.05) is 23.7 Å². The topological polar surface area (TPSA) is 75.4 Å². The molecule has 0 bridgehead atoms. The van der Waals surface area contributed by atoms with E-state index in [-0.39, 0.29) is 11.7 Å². The highest BCUT2D eigenvalue weighted by Gasteiger charge is 2.33. The fraction of sp³-hybridized carbons (Fsp3) is 0.500. The molecule has 21 heavy (non-hydrogen) atoms. The summed E-state index contributed by atoms with van der Waals surface area (Å²) in [5.41, 5.74) is 8.02. The first-order valence-electron chi connectivity index (χ1n) is 7.49. The van der Waals surface area contributed by atoms with E-state index in [1.165, 1.54) is 0 Å². The number of anilines is 2. The third-order valence-corrected chi connectivity index (χ3v) is 4.60. The van der Waals surface area contributed by atoms with Crippen molar-refractivity contribution in [2.24, 2.45) is 5.92 Å². The number of ketones is 1. The highest BCUT2D eigenvalue weighted by atomic mass is 16.1. The molecular formula is C16H21N3O2. The number of rotatable bonds is 2. The van der Waals surface area contributed by atoms with Gasteiger partial charge in [-0.2, -0.15) is 0 Å². The molecule has 3 N–H and O–H groups in total. The molecule has 1 aromatic carbocycles. The van der Waals surface area contributed by atoms with Gasteiger partial charge in [0.15, 0.2) is 5.78 Å². The van der Waals surface area contributed by atoms with Gasteiger partial charge in [0.05, 0.1) is 0 Å². The Kier molecular flexibility index (Phi) is 3.57. The van der Waals surface area contributed by atoms with E-state index in [9.17, 15) is 9.59 Å². The van der Waals surface area contributed by atoms with Crippen molar-refractivity contribution >= 4 is 23.1 Å². The minimum atomic E-state index is -0.00540. The minimum absolute atomic E-state index is 0.00540. The molecular weight excluding hydrogens is 266 g/mol. The first-order chi connectivity index (χ1) is 10.0. The number of benzene rings is 1. The summed E-state index contributed by atoms with van der Waals surface area (Å²) in [5, 5.41) is 3.09. The zero-order valence-corrected chi connectivity index (χ0v) is 12.3. The molecule has 0 radical (unpaired) electrons. The quantitative estimate of drug-likeness (QED) is 0.639. The van der Waals surface area contributed by atoms with Gasteiger partial charge in [0.25, 0.3) is 0 Å². The number of nitrogens with two attached hydrogens (primary N) is 1. The van der Waals surface area contributed by atoms with Crippen LogP contribution in [0, 0.1) is 5.92 Å². The Morgan fingerprint density at radius 1 is 1.38 bits per heavy atom. The number of hydrogen-bond donors (Lipinski definition) is 2. The van der Waals surface area contributed by atoms with Gasteiger partial charge >= 0.3 is 0 Å². The van der Waals surface area contributed by atoms with Crippen molar-refractivity contribution in [3.63, 3.8) is 0 Å². The van der Waals surface area contributed by atoms with E-state index in [0.29, 0.717) is 29.6 Å². The Morgan fingerprint density at radius 2 is 2.19 bits per heavy atom. The Bertz CT molecular complexity index is 585. The summed E-state index contributed by atoms with van der Waals surface area (Å²) < 4.78 is 0. The van der Waals surface area contributed by atoms with E-state index in [1.807, 2.05) is 12.1 Å². The Balaban J connectivity index is 1.78. The number of piperidine rings is 2. The first-order valence-corrected chi connectivity index (χ1v) is 7.49. The van der Waals surface area contributed by atoms with E-state index >= 15 is 0 Å². The lowest BCUT2D eigenvalue weighted by Crippen LogP contribution is -2.54. The summed E-state index contributed by atoms with van der Waals surface area (Å²) in [6.07, 6.45) is 2.52. The monoisotopic (exact) mass is 287 g/mol. The van der Waals surface area contributed by atoms with Crippen LogP contribution in [0.5, 0.6) is 0 Å². The standard InChI is InChI=1S/C16H21N3O2/c1-10(20)13-8-12(3-4-14(13)17)19-7-6-15-11(9-19)2-5-16(21)18-15/h3-4,8,11,15H,2,5-7,9,17H2,1H3,(H,18,21). The second-order valence-corrected chi connectivity index (χ2v) is 6.04. The number of carbonyl (C=O) groups excluding carboxylic acids is 2. The molecule has 1 amide bonds. The number of Topliss-reactive ketones (excluding diaryl/α,β-unsaturated/α-hetero) is 1. The maximum atomic E-state index is 11.6. The van der Waals surface area contributed by atoms with Crippen molar-refractivity contribution < 1.29 is 9.59 Å². The number of amides is 1. The maximum Gasteiger partial charge on any atom is 0.220 e. The van der Waals surface area contributed by atoms with E-state index in [0.717, 1.165) is 31.6 Å². The van der Waals surface area contributed by atoms with E-state index in [4.69, 9.17) is 5.73 Å². The van der Waals surface area contributed by atoms with Crippen LogP contribution >= 0.6 is 0 Å². The smallest absolute Gasteiger partial charge is 0.220 e. The molecule has 1 aromatic rings. The van der Waals surface area contributed by atoms with Crippen LogP contribution in [0.25, 0.3) is 0 Å². The minimum Gasteiger partial charge on any atom is -0.398 e. The first kappa shape index (κ1) is 13.9. The van der Waals surface area contributed by atoms with Gasteiger partial charge in [0.2, 0.25) is 5.91 Å². The summed E-state index contributed by atoms with van der Waals surface area (Å²) in [6, 6.07) is 5.98. The van der Waals surface area contributed by atoms with Crippen molar-refractivity contribution in [1.82, 2.24) is 5.32 Å². The summed E-state index contributed by atoms with van der Waals surface area (Å²) in [7, 11) is 0. The highest BCUT2D eigenvalue weighted by Crippen LogP contribution is 2.30. The molecule has 0 aliphatic carbocycles. The van der Waals surface area contributed by atoms with E-state index < -0.39 is 0 Å². The second-order valence-electron chi connectivity index (χ2n) is 6.04. The van der Waals surface area contributed by atoms with Crippen LogP contribution in [0.4, 0.5) is 11.4 Å². The summed E-state index contributed by atoms with van der Waals surface area (Å²) in [6.45, 7) is 3.35. The molecule has 5 nitrogen and oxygen atoms in total. The molecule has 0 aromatic heterocycles. The van der Waals surface area contributed by atoms with Gasteiger partial charge in [-0.1, -0.05) is 0 Å². The molecule has 2 saturated heterocycles. The normalized spacial score (nSPS) is 25.2. The van der Waals surface area contributed by atoms with Crippen molar-refractivity contribution in [3.05, 3.63) is 23.8 Å². The molecule has 2 aliphatic heterocycles. The Hall–Kier alpha value is -2.04. The third kappa shape index (κ3) is 2.73. The number of nitrogens with zero attached hydrogens (tertiary/aromatic N) is 1. The highest BCUT2D eigenvalue weighted by molar-refractivity contribution is 6.00. The van der Waals surface area contributed by atoms with Gasteiger partial charge in [0.1, 0.15) is 0 Å². The van der Waals surface area contributed by atoms with Gasteiger partial charge in [-0.3, -0.25) is 9.59 Å². The van der Waals surface area contributed by atoms with Gasteiger partial charge in [-0.15, -0.1) is 0 Å². The Labute approximate surface area is 124 Å². The molecule has 5 heteroatoms. The van der Waals surface area contributed by atoms with E-state index in [1.54, 1.807) is 13.0 Å². The fourth-order valence-electron chi connectivity index (χ4n) is 3.39. The lowest BCUT2D eigenvalue weighted by atomic mass is 9.85. The van der Waals surface area contributed by atoms with Crippen molar-refractivity contribution in [1.29, 1.82) is 0 Å². The maximum absolute atomic E-state index is 11.6. The molecule has 2 atom stereocenters. The van der Waals surface area contributed by atoms with Crippen LogP contribution in [0.15, 0.2) is 18.2 Å². The predicted molar refractivity (Wildman–Crippen MR) is 82.3 cm³/mol. The van der Waals surface area contributed by atoms with Gasteiger partial charge in [-0.05, 0) is 43.9 Å². The average Bonchev–Trinajstić information content (AvgIpc) is 2.47. The zero-order chi connectivity index (χ0) is 15.0. The lowest BCUT2D eigenvalue weighted by molar-refractivity contribution is -0.124. The number of nitrogens with one attached hydrogen (secondary N) is 1. The van der Waals surface area contributed by atoms with Gasteiger partial charge < -0.3 is 16.0 Å². The third-order valence-electron chi connectivity index (χ3n) is 4.60. The molecule has 112 valence electrons.